The second-order valence-corrected chi connectivity index (χ2v) is 6.11. The van der Waals surface area contributed by atoms with E-state index in [0.29, 0.717) is 12.1 Å². The van der Waals surface area contributed by atoms with Gasteiger partial charge in [-0.3, -0.25) is 4.90 Å². The number of methoxy groups -OCH3 is 1. The van der Waals surface area contributed by atoms with Crippen LogP contribution in [-0.4, -0.2) is 61.0 Å². The molecule has 1 saturated carbocycles. The minimum atomic E-state index is -0.0857. The summed E-state index contributed by atoms with van der Waals surface area (Å²) >= 11 is 0. The summed E-state index contributed by atoms with van der Waals surface area (Å²) < 4.78 is 5.20. The van der Waals surface area contributed by atoms with Gasteiger partial charge in [0, 0.05) is 31.3 Å². The molecule has 1 fully saturated rings. The Kier molecular flexibility index (Phi) is 7.29. The van der Waals surface area contributed by atoms with E-state index in [2.05, 4.69) is 31.0 Å². The van der Waals surface area contributed by atoms with Gasteiger partial charge in [-0.2, -0.15) is 0 Å². The highest BCUT2D eigenvalue weighted by Crippen LogP contribution is 2.31. The van der Waals surface area contributed by atoms with E-state index < -0.39 is 0 Å². The second-order valence-electron chi connectivity index (χ2n) is 6.11. The molecule has 0 bridgehead atoms. The third-order valence-corrected chi connectivity index (χ3v) is 4.22. The number of aliphatic hydroxyl groups is 1. The SMILES string of the molecule is CCN(CCOC)C1CCCC(CO)(NC(C)C)C1. The summed E-state index contributed by atoms with van der Waals surface area (Å²) in [6, 6.07) is 0.979. The maximum atomic E-state index is 9.83. The molecule has 1 aliphatic rings. The molecule has 2 unspecified atom stereocenters. The summed E-state index contributed by atoms with van der Waals surface area (Å²) in [5.41, 5.74) is -0.0857. The van der Waals surface area contributed by atoms with Gasteiger partial charge in [-0.05, 0) is 32.2 Å². The quantitative estimate of drug-likeness (QED) is 0.705. The van der Waals surface area contributed by atoms with E-state index in [0.717, 1.165) is 32.5 Å². The van der Waals surface area contributed by atoms with Crippen molar-refractivity contribution in [1.29, 1.82) is 0 Å². The van der Waals surface area contributed by atoms with Gasteiger partial charge in [-0.25, -0.2) is 0 Å². The smallest absolute Gasteiger partial charge is 0.0613 e. The highest BCUT2D eigenvalue weighted by molar-refractivity contribution is 4.97. The largest absolute Gasteiger partial charge is 0.394 e. The number of nitrogens with one attached hydrogen (secondary N) is 1. The average molecular weight is 272 g/mol. The molecule has 4 nitrogen and oxygen atoms in total. The van der Waals surface area contributed by atoms with Gasteiger partial charge in [-0.1, -0.05) is 20.8 Å². The number of nitrogens with zero attached hydrogens (tertiary/aromatic N) is 1. The fourth-order valence-electron chi connectivity index (χ4n) is 3.38. The van der Waals surface area contributed by atoms with Crippen LogP contribution in [0.5, 0.6) is 0 Å². The summed E-state index contributed by atoms with van der Waals surface area (Å²) in [6.45, 7) is 9.59. The lowest BCUT2D eigenvalue weighted by Crippen LogP contribution is -2.57. The van der Waals surface area contributed by atoms with Crippen molar-refractivity contribution in [1.82, 2.24) is 10.2 Å². The molecule has 2 N–H and O–H groups in total. The van der Waals surface area contributed by atoms with Gasteiger partial charge in [0.1, 0.15) is 0 Å². The van der Waals surface area contributed by atoms with E-state index in [1.165, 1.54) is 12.8 Å². The molecule has 0 spiro atoms. The fourth-order valence-corrected chi connectivity index (χ4v) is 3.38. The van der Waals surface area contributed by atoms with E-state index >= 15 is 0 Å². The molecular formula is C15H32N2O2. The molecule has 0 aromatic carbocycles. The summed E-state index contributed by atoms with van der Waals surface area (Å²) in [5, 5.41) is 13.4. The van der Waals surface area contributed by atoms with Crippen LogP contribution < -0.4 is 5.32 Å². The number of aliphatic hydroxyl groups excluding tert-OH is 1. The molecular weight excluding hydrogens is 240 g/mol. The van der Waals surface area contributed by atoms with Crippen LogP contribution in [0.25, 0.3) is 0 Å². The highest BCUT2D eigenvalue weighted by atomic mass is 16.5. The van der Waals surface area contributed by atoms with Gasteiger partial charge in [0.2, 0.25) is 0 Å². The highest BCUT2D eigenvalue weighted by Gasteiger charge is 2.37. The average Bonchev–Trinajstić information content (AvgIpc) is 2.39. The normalized spacial score (nSPS) is 28.3. The van der Waals surface area contributed by atoms with Gasteiger partial charge in [-0.15, -0.1) is 0 Å². The predicted octanol–water partition coefficient (Wildman–Crippen LogP) is 1.63. The van der Waals surface area contributed by atoms with E-state index in [4.69, 9.17) is 4.74 Å². The number of ether oxygens (including phenoxy) is 1. The van der Waals surface area contributed by atoms with Crippen molar-refractivity contribution in [3.8, 4) is 0 Å². The maximum absolute atomic E-state index is 9.83. The van der Waals surface area contributed by atoms with Crippen LogP contribution in [0.2, 0.25) is 0 Å². The topological polar surface area (TPSA) is 44.7 Å². The van der Waals surface area contributed by atoms with E-state index in [1.807, 2.05) is 0 Å². The minimum Gasteiger partial charge on any atom is -0.394 e. The zero-order valence-corrected chi connectivity index (χ0v) is 13.1. The summed E-state index contributed by atoms with van der Waals surface area (Å²) in [4.78, 5) is 2.50. The Hall–Kier alpha value is -0.160. The van der Waals surface area contributed by atoms with Gasteiger partial charge in [0.15, 0.2) is 0 Å². The lowest BCUT2D eigenvalue weighted by atomic mass is 9.78. The molecule has 0 aromatic rings. The third kappa shape index (κ3) is 5.03. The van der Waals surface area contributed by atoms with E-state index in [9.17, 15) is 5.11 Å². The number of hydrogen-bond donors (Lipinski definition) is 2. The zero-order valence-electron chi connectivity index (χ0n) is 13.1. The van der Waals surface area contributed by atoms with Crippen molar-refractivity contribution in [2.24, 2.45) is 0 Å². The van der Waals surface area contributed by atoms with Crippen LogP contribution in [0.3, 0.4) is 0 Å². The Labute approximate surface area is 118 Å². The van der Waals surface area contributed by atoms with Gasteiger partial charge >= 0.3 is 0 Å². The van der Waals surface area contributed by atoms with Crippen molar-refractivity contribution >= 4 is 0 Å². The fraction of sp³-hybridized carbons (Fsp3) is 1.00. The van der Waals surface area contributed by atoms with Crippen LogP contribution in [0.15, 0.2) is 0 Å². The first-order chi connectivity index (χ1) is 9.06. The Morgan fingerprint density at radius 3 is 2.74 bits per heavy atom. The molecule has 1 aliphatic carbocycles. The molecule has 114 valence electrons. The Bertz CT molecular complexity index is 248. The first kappa shape index (κ1) is 16.9. The molecule has 1 rings (SSSR count). The predicted molar refractivity (Wildman–Crippen MR) is 79.5 cm³/mol. The number of rotatable bonds is 8. The third-order valence-electron chi connectivity index (χ3n) is 4.22. The Morgan fingerprint density at radius 2 is 2.21 bits per heavy atom. The van der Waals surface area contributed by atoms with Crippen molar-refractivity contribution < 1.29 is 9.84 Å². The molecule has 0 aliphatic heterocycles. The summed E-state index contributed by atoms with van der Waals surface area (Å²) in [6.07, 6.45) is 4.55. The van der Waals surface area contributed by atoms with E-state index in [-0.39, 0.29) is 12.1 Å². The summed E-state index contributed by atoms with van der Waals surface area (Å²) in [5.74, 6) is 0. The summed E-state index contributed by atoms with van der Waals surface area (Å²) in [7, 11) is 1.76. The minimum absolute atomic E-state index is 0.0857. The zero-order chi connectivity index (χ0) is 14.3. The first-order valence-corrected chi connectivity index (χ1v) is 7.68. The van der Waals surface area contributed by atoms with Crippen molar-refractivity contribution in [3.05, 3.63) is 0 Å². The lowest BCUT2D eigenvalue weighted by molar-refractivity contribution is 0.0444. The molecule has 0 saturated heterocycles. The standard InChI is InChI=1S/C15H32N2O2/c1-5-17(9-10-19-4)14-7-6-8-15(11-14,12-18)16-13(2)3/h13-14,16,18H,5-12H2,1-4H3. The van der Waals surface area contributed by atoms with Gasteiger partial charge < -0.3 is 15.2 Å². The second kappa shape index (κ2) is 8.20. The molecule has 0 heterocycles. The number of likely N-dealkylation sites (N-methyl/N-ethyl adjacent to an activating group) is 1. The van der Waals surface area contributed by atoms with Crippen molar-refractivity contribution in [3.63, 3.8) is 0 Å². The van der Waals surface area contributed by atoms with Crippen molar-refractivity contribution in [2.45, 2.75) is 64.1 Å². The first-order valence-electron chi connectivity index (χ1n) is 7.68. The van der Waals surface area contributed by atoms with Crippen LogP contribution >= 0.6 is 0 Å². The van der Waals surface area contributed by atoms with Crippen LogP contribution in [0.4, 0.5) is 0 Å². The van der Waals surface area contributed by atoms with Crippen LogP contribution in [-0.2, 0) is 4.74 Å². The van der Waals surface area contributed by atoms with Crippen LogP contribution in [0.1, 0.15) is 46.5 Å². The monoisotopic (exact) mass is 272 g/mol. The maximum Gasteiger partial charge on any atom is 0.0613 e. The van der Waals surface area contributed by atoms with Crippen LogP contribution in [0, 0.1) is 0 Å². The Morgan fingerprint density at radius 1 is 1.47 bits per heavy atom. The van der Waals surface area contributed by atoms with E-state index in [1.54, 1.807) is 7.11 Å². The van der Waals surface area contributed by atoms with Gasteiger partial charge in [0.25, 0.3) is 0 Å². The van der Waals surface area contributed by atoms with Crippen molar-refractivity contribution in [2.75, 3.05) is 33.4 Å². The molecule has 0 aromatic heterocycles. The number of hydrogen-bond acceptors (Lipinski definition) is 4. The molecule has 2 atom stereocenters. The lowest BCUT2D eigenvalue weighted by Gasteiger charge is -2.45. The van der Waals surface area contributed by atoms with Gasteiger partial charge in [0.05, 0.1) is 13.2 Å². The molecule has 0 amide bonds. The Balaban J connectivity index is 2.64. The molecule has 19 heavy (non-hydrogen) atoms. The molecule has 4 heteroatoms. The molecule has 0 radical (unpaired) electrons.